The van der Waals surface area contributed by atoms with E-state index in [0.717, 1.165) is 18.9 Å². The molecule has 0 radical (unpaired) electrons. The maximum absolute atomic E-state index is 11.6. The Hall–Kier alpha value is -0.570. The van der Waals surface area contributed by atoms with Gasteiger partial charge in [-0.3, -0.25) is 4.79 Å². The molecule has 1 aliphatic carbocycles. The molecule has 2 aliphatic rings. The fourth-order valence-corrected chi connectivity index (χ4v) is 2.15. The van der Waals surface area contributed by atoms with Gasteiger partial charge >= 0.3 is 0 Å². The van der Waals surface area contributed by atoms with Crippen molar-refractivity contribution in [3.8, 4) is 0 Å². The number of hydrogen-bond acceptors (Lipinski definition) is 2. The van der Waals surface area contributed by atoms with E-state index in [1.54, 1.807) is 0 Å². The van der Waals surface area contributed by atoms with Crippen LogP contribution in [0.15, 0.2) is 0 Å². The van der Waals surface area contributed by atoms with Gasteiger partial charge in [-0.15, -0.1) is 0 Å². The first-order chi connectivity index (χ1) is 6.18. The summed E-state index contributed by atoms with van der Waals surface area (Å²) in [5.74, 6) is 1.04. The molecular formula is C10H18N2O. The highest BCUT2D eigenvalue weighted by Crippen LogP contribution is 2.27. The van der Waals surface area contributed by atoms with Gasteiger partial charge in [0.1, 0.15) is 0 Å². The number of carbonyl (C=O) groups excluding carboxylic acids is 1. The zero-order valence-corrected chi connectivity index (χ0v) is 8.42. The van der Waals surface area contributed by atoms with Crippen molar-refractivity contribution in [3.05, 3.63) is 0 Å². The summed E-state index contributed by atoms with van der Waals surface area (Å²) in [6, 6.07) is 0.707. The normalized spacial score (nSPS) is 39.4. The maximum Gasteiger partial charge on any atom is 0.239 e. The quantitative estimate of drug-likeness (QED) is 0.678. The predicted octanol–water partition coefficient (Wildman–Crippen LogP) is 0.605. The predicted molar refractivity (Wildman–Crippen MR) is 51.4 cm³/mol. The molecule has 0 spiro atoms. The number of nitrogens with one attached hydrogen (secondary N) is 1. The second-order valence-electron chi connectivity index (χ2n) is 4.43. The van der Waals surface area contributed by atoms with Crippen molar-refractivity contribution >= 4 is 5.91 Å². The van der Waals surface area contributed by atoms with E-state index in [1.807, 2.05) is 11.9 Å². The second kappa shape index (κ2) is 3.29. The largest absolute Gasteiger partial charge is 0.344 e. The van der Waals surface area contributed by atoms with Gasteiger partial charge in [0, 0.05) is 19.6 Å². The number of hydrogen-bond donors (Lipinski definition) is 1. The van der Waals surface area contributed by atoms with Crippen LogP contribution in [0.1, 0.15) is 26.2 Å². The molecule has 1 N–H and O–H groups in total. The van der Waals surface area contributed by atoms with Gasteiger partial charge in [-0.1, -0.05) is 6.92 Å². The molecule has 3 atom stereocenters. The number of rotatable bonds is 2. The molecule has 0 bridgehead atoms. The third-order valence-corrected chi connectivity index (χ3v) is 3.46. The molecule has 3 unspecified atom stereocenters. The van der Waals surface area contributed by atoms with Crippen LogP contribution >= 0.6 is 0 Å². The van der Waals surface area contributed by atoms with Gasteiger partial charge in [0.2, 0.25) is 5.91 Å². The van der Waals surface area contributed by atoms with Crippen molar-refractivity contribution in [1.29, 1.82) is 0 Å². The van der Waals surface area contributed by atoms with Crippen molar-refractivity contribution in [2.75, 3.05) is 13.6 Å². The summed E-state index contributed by atoms with van der Waals surface area (Å²) in [7, 11) is 1.88. The second-order valence-corrected chi connectivity index (χ2v) is 4.43. The number of carbonyl (C=O) groups is 1. The summed E-state index contributed by atoms with van der Waals surface area (Å²) in [6.07, 6.45) is 3.54. The van der Waals surface area contributed by atoms with Gasteiger partial charge in [-0.2, -0.15) is 0 Å². The minimum Gasteiger partial charge on any atom is -0.344 e. The number of amides is 1. The highest BCUT2D eigenvalue weighted by atomic mass is 16.2. The Kier molecular flexibility index (Phi) is 2.28. The monoisotopic (exact) mass is 182 g/mol. The van der Waals surface area contributed by atoms with Crippen molar-refractivity contribution in [2.45, 2.75) is 38.3 Å². The van der Waals surface area contributed by atoms with Gasteiger partial charge in [0.25, 0.3) is 0 Å². The summed E-state index contributed by atoms with van der Waals surface area (Å²) in [5, 5.41) is 3.45. The molecule has 1 amide bonds. The Morgan fingerprint density at radius 3 is 2.54 bits per heavy atom. The first kappa shape index (κ1) is 9.00. The fourth-order valence-electron chi connectivity index (χ4n) is 2.15. The van der Waals surface area contributed by atoms with E-state index in [9.17, 15) is 4.79 Å². The summed E-state index contributed by atoms with van der Waals surface area (Å²) in [6.45, 7) is 3.17. The fraction of sp³-hybridized carbons (Fsp3) is 0.900. The molecule has 2 rings (SSSR count). The Labute approximate surface area is 79.5 Å². The van der Waals surface area contributed by atoms with Crippen molar-refractivity contribution in [3.63, 3.8) is 0 Å². The highest BCUT2D eigenvalue weighted by molar-refractivity contribution is 5.83. The lowest BCUT2D eigenvalue weighted by molar-refractivity contribution is -0.128. The molecular weight excluding hydrogens is 164 g/mol. The van der Waals surface area contributed by atoms with Crippen LogP contribution in [-0.4, -0.2) is 36.5 Å². The lowest BCUT2D eigenvalue weighted by Gasteiger charge is -2.36. The third kappa shape index (κ3) is 1.57. The van der Waals surface area contributed by atoms with Gasteiger partial charge in [0.05, 0.1) is 6.04 Å². The van der Waals surface area contributed by atoms with E-state index in [4.69, 9.17) is 0 Å². The summed E-state index contributed by atoms with van der Waals surface area (Å²) in [4.78, 5) is 13.4. The Bertz CT molecular complexity index is 217. The number of likely N-dealkylation sites (N-methyl/N-ethyl adjacent to an activating group) is 1. The summed E-state index contributed by atoms with van der Waals surface area (Å²) >= 11 is 0. The molecule has 1 saturated heterocycles. The van der Waals surface area contributed by atoms with E-state index in [0.29, 0.717) is 6.04 Å². The van der Waals surface area contributed by atoms with Crippen LogP contribution in [0.4, 0.5) is 0 Å². The molecule has 2 fully saturated rings. The Morgan fingerprint density at radius 2 is 2.15 bits per heavy atom. The minimum absolute atomic E-state index is 0.109. The lowest BCUT2D eigenvalue weighted by atomic mass is 9.81. The topological polar surface area (TPSA) is 32.3 Å². The van der Waals surface area contributed by atoms with E-state index in [1.165, 1.54) is 12.8 Å². The van der Waals surface area contributed by atoms with Crippen LogP contribution in [0.2, 0.25) is 0 Å². The maximum atomic E-state index is 11.6. The standard InChI is InChI=1S/C10H18N2O/c1-7-3-4-8(7)11-9-5-6-12(2)10(9)13/h7-9,11H,3-6H2,1-2H3. The highest BCUT2D eigenvalue weighted by Gasteiger charge is 2.34. The number of likely N-dealkylation sites (tertiary alicyclic amines) is 1. The SMILES string of the molecule is CC1CCC1NC1CCN(C)C1=O. The Balaban J connectivity index is 1.85. The Morgan fingerprint density at radius 1 is 1.38 bits per heavy atom. The lowest BCUT2D eigenvalue weighted by Crippen LogP contribution is -2.50. The molecule has 1 saturated carbocycles. The molecule has 0 aromatic rings. The first-order valence-corrected chi connectivity index (χ1v) is 5.19. The molecule has 1 aliphatic heterocycles. The van der Waals surface area contributed by atoms with E-state index >= 15 is 0 Å². The van der Waals surface area contributed by atoms with Crippen LogP contribution in [-0.2, 0) is 4.79 Å². The van der Waals surface area contributed by atoms with E-state index in [2.05, 4.69) is 12.2 Å². The molecule has 1 heterocycles. The van der Waals surface area contributed by atoms with Gasteiger partial charge in [0.15, 0.2) is 0 Å². The van der Waals surface area contributed by atoms with E-state index in [-0.39, 0.29) is 11.9 Å². The van der Waals surface area contributed by atoms with Crippen molar-refractivity contribution in [1.82, 2.24) is 10.2 Å². The zero-order chi connectivity index (χ0) is 9.42. The first-order valence-electron chi connectivity index (χ1n) is 5.19. The van der Waals surface area contributed by atoms with Crippen LogP contribution < -0.4 is 5.32 Å². The molecule has 13 heavy (non-hydrogen) atoms. The van der Waals surface area contributed by atoms with Gasteiger partial charge in [-0.05, 0) is 25.2 Å². The van der Waals surface area contributed by atoms with E-state index < -0.39 is 0 Å². The molecule has 74 valence electrons. The van der Waals surface area contributed by atoms with Crippen LogP contribution in [0, 0.1) is 5.92 Å². The average Bonchev–Trinajstić information content (AvgIpc) is 2.42. The van der Waals surface area contributed by atoms with Crippen LogP contribution in [0.5, 0.6) is 0 Å². The molecule has 3 nitrogen and oxygen atoms in total. The number of nitrogens with zero attached hydrogens (tertiary/aromatic N) is 1. The van der Waals surface area contributed by atoms with Crippen LogP contribution in [0.25, 0.3) is 0 Å². The average molecular weight is 182 g/mol. The minimum atomic E-state index is 0.109. The zero-order valence-electron chi connectivity index (χ0n) is 8.42. The molecule has 3 heteroatoms. The molecule has 0 aromatic carbocycles. The van der Waals surface area contributed by atoms with Gasteiger partial charge < -0.3 is 10.2 Å². The third-order valence-electron chi connectivity index (χ3n) is 3.46. The molecule has 0 aromatic heterocycles. The summed E-state index contributed by atoms with van der Waals surface area (Å²) < 4.78 is 0. The van der Waals surface area contributed by atoms with Gasteiger partial charge in [-0.25, -0.2) is 0 Å². The van der Waals surface area contributed by atoms with Crippen molar-refractivity contribution < 1.29 is 4.79 Å². The smallest absolute Gasteiger partial charge is 0.239 e. The summed E-state index contributed by atoms with van der Waals surface area (Å²) in [5.41, 5.74) is 0. The van der Waals surface area contributed by atoms with Crippen LogP contribution in [0.3, 0.4) is 0 Å². The van der Waals surface area contributed by atoms with Crippen molar-refractivity contribution in [2.24, 2.45) is 5.92 Å².